The molecule has 3 rings (SSSR count). The second kappa shape index (κ2) is 10.9. The van der Waals surface area contributed by atoms with E-state index in [1.807, 2.05) is 6.07 Å². The summed E-state index contributed by atoms with van der Waals surface area (Å²) < 4.78 is 29.0. The van der Waals surface area contributed by atoms with E-state index in [0.29, 0.717) is 41.3 Å². The molecule has 2 atom stereocenters. The molecule has 1 aromatic carbocycles. The van der Waals surface area contributed by atoms with Gasteiger partial charge in [0.05, 0.1) is 31.4 Å². The average Bonchev–Trinajstić information content (AvgIpc) is 3.37. The zero-order valence-corrected chi connectivity index (χ0v) is 19.6. The van der Waals surface area contributed by atoms with Gasteiger partial charge in [-0.1, -0.05) is 6.92 Å². The number of benzene rings is 1. The third kappa shape index (κ3) is 5.95. The predicted octanol–water partition coefficient (Wildman–Crippen LogP) is 3.75. The number of oxazole rings is 1. The van der Waals surface area contributed by atoms with Crippen LogP contribution < -0.4 is 9.47 Å². The second-order valence-corrected chi connectivity index (χ2v) is 9.28. The van der Waals surface area contributed by atoms with Crippen LogP contribution in [0.2, 0.25) is 0 Å². The monoisotopic (exact) mass is 448 g/mol. The maximum absolute atomic E-state index is 12.6. The zero-order chi connectivity index (χ0) is 22.4. The van der Waals surface area contributed by atoms with Crippen LogP contribution in [0, 0.1) is 6.92 Å². The Morgan fingerprint density at radius 3 is 2.77 bits per heavy atom. The number of ketones is 1. The highest BCUT2D eigenvalue weighted by Crippen LogP contribution is 2.32. The van der Waals surface area contributed by atoms with Crippen LogP contribution in [0.5, 0.6) is 11.5 Å². The Kier molecular flexibility index (Phi) is 8.26. The number of likely N-dealkylation sites (tertiary alicyclic amines) is 1. The Morgan fingerprint density at radius 1 is 1.29 bits per heavy atom. The molecule has 0 aliphatic carbocycles. The number of aryl methyl sites for hydroxylation is 1. The molecule has 0 saturated carbocycles. The number of Topliss-reactive ketones (excluding diaryl/α,β-unsaturated/α-hetero) is 1. The van der Waals surface area contributed by atoms with Crippen molar-refractivity contribution in [3.05, 3.63) is 29.7 Å². The predicted molar refractivity (Wildman–Crippen MR) is 121 cm³/mol. The minimum atomic E-state index is -1.31. The molecule has 0 bridgehead atoms. The van der Waals surface area contributed by atoms with Gasteiger partial charge in [-0.15, -0.1) is 0 Å². The van der Waals surface area contributed by atoms with Gasteiger partial charge in [0.2, 0.25) is 5.89 Å². The molecule has 0 spiro atoms. The minimum Gasteiger partial charge on any atom is -0.493 e. The molecule has 1 aliphatic rings. The van der Waals surface area contributed by atoms with Crippen molar-refractivity contribution in [1.29, 1.82) is 0 Å². The Morgan fingerprint density at radius 2 is 2.06 bits per heavy atom. The van der Waals surface area contributed by atoms with Gasteiger partial charge >= 0.3 is 0 Å². The van der Waals surface area contributed by atoms with Gasteiger partial charge in [-0.25, -0.2) is 4.98 Å². The van der Waals surface area contributed by atoms with E-state index >= 15 is 0 Å². The summed E-state index contributed by atoms with van der Waals surface area (Å²) in [5.74, 6) is 2.57. The van der Waals surface area contributed by atoms with Crippen LogP contribution in [0.15, 0.2) is 22.6 Å². The van der Waals surface area contributed by atoms with Crippen LogP contribution in [0.25, 0.3) is 11.5 Å². The van der Waals surface area contributed by atoms with Crippen molar-refractivity contribution in [1.82, 2.24) is 9.88 Å². The fourth-order valence-corrected chi connectivity index (χ4v) is 5.25. The van der Waals surface area contributed by atoms with E-state index < -0.39 is 10.8 Å². The standard InChI is InChI=1S/C23H32N2O5S/c1-5-25-12-6-7-18(25)9-10-19(26)14-31(27)15-20-16(2)30-23(24-20)17-8-11-21(28-3)22(13-17)29-4/h8,11,13,18H,5-7,9-10,12,14-15H2,1-4H3. The van der Waals surface area contributed by atoms with Crippen molar-refractivity contribution in [3.63, 3.8) is 0 Å². The van der Waals surface area contributed by atoms with E-state index in [4.69, 9.17) is 13.9 Å². The fraction of sp³-hybridized carbons (Fsp3) is 0.565. The van der Waals surface area contributed by atoms with Crippen LogP contribution in [0.3, 0.4) is 0 Å². The van der Waals surface area contributed by atoms with E-state index in [2.05, 4.69) is 16.8 Å². The van der Waals surface area contributed by atoms with E-state index in [9.17, 15) is 9.00 Å². The molecule has 2 heterocycles. The summed E-state index contributed by atoms with van der Waals surface area (Å²) in [4.78, 5) is 19.3. The van der Waals surface area contributed by atoms with E-state index in [0.717, 1.165) is 31.5 Å². The number of hydrogen-bond acceptors (Lipinski definition) is 7. The van der Waals surface area contributed by atoms with Crippen molar-refractivity contribution in [2.24, 2.45) is 0 Å². The lowest BCUT2D eigenvalue weighted by atomic mass is 10.1. The van der Waals surface area contributed by atoms with E-state index in [1.165, 1.54) is 6.42 Å². The highest BCUT2D eigenvalue weighted by Gasteiger charge is 2.24. The molecule has 1 fully saturated rings. The van der Waals surface area contributed by atoms with Gasteiger partial charge in [-0.3, -0.25) is 9.00 Å². The number of rotatable bonds is 11. The normalized spacial score (nSPS) is 17.6. The quantitative estimate of drug-likeness (QED) is 0.518. The second-order valence-electron chi connectivity index (χ2n) is 7.82. The molecule has 0 N–H and O–H groups in total. The van der Waals surface area contributed by atoms with Gasteiger partial charge in [0.25, 0.3) is 0 Å². The van der Waals surface area contributed by atoms with Crippen molar-refractivity contribution in [2.45, 2.75) is 51.3 Å². The van der Waals surface area contributed by atoms with E-state index in [-0.39, 0.29) is 17.3 Å². The first kappa shape index (κ1) is 23.5. The first-order chi connectivity index (χ1) is 14.9. The number of carbonyl (C=O) groups excluding carboxylic acids is 1. The largest absolute Gasteiger partial charge is 0.493 e. The summed E-state index contributed by atoms with van der Waals surface area (Å²) >= 11 is 0. The molecule has 1 aromatic heterocycles. The maximum Gasteiger partial charge on any atom is 0.226 e. The molecular weight excluding hydrogens is 416 g/mol. The first-order valence-electron chi connectivity index (χ1n) is 10.7. The summed E-state index contributed by atoms with van der Waals surface area (Å²) in [5.41, 5.74) is 1.36. The van der Waals surface area contributed by atoms with Crippen LogP contribution >= 0.6 is 0 Å². The van der Waals surface area contributed by atoms with Crippen molar-refractivity contribution >= 4 is 16.6 Å². The summed E-state index contributed by atoms with van der Waals surface area (Å²) in [6.07, 6.45) is 3.70. The zero-order valence-electron chi connectivity index (χ0n) is 18.8. The van der Waals surface area contributed by atoms with Crippen LogP contribution in [0.4, 0.5) is 0 Å². The Balaban J connectivity index is 1.57. The van der Waals surface area contributed by atoms with Crippen LogP contribution in [-0.4, -0.2) is 59.0 Å². The number of methoxy groups -OCH3 is 2. The third-order valence-electron chi connectivity index (χ3n) is 5.80. The molecule has 1 aliphatic heterocycles. The highest BCUT2D eigenvalue weighted by molar-refractivity contribution is 7.84. The maximum atomic E-state index is 12.6. The fourth-order valence-electron chi connectivity index (χ4n) is 4.08. The minimum absolute atomic E-state index is 0.0579. The van der Waals surface area contributed by atoms with Crippen LogP contribution in [0.1, 0.15) is 44.1 Å². The smallest absolute Gasteiger partial charge is 0.226 e. The third-order valence-corrected chi connectivity index (χ3v) is 7.04. The number of hydrogen-bond donors (Lipinski definition) is 0. The van der Waals surface area contributed by atoms with Gasteiger partial charge < -0.3 is 18.8 Å². The molecule has 31 heavy (non-hydrogen) atoms. The first-order valence-corrected chi connectivity index (χ1v) is 12.2. The number of carbonyl (C=O) groups is 1. The Hall–Kier alpha value is -2.19. The molecular formula is C23H32N2O5S. The van der Waals surface area contributed by atoms with Gasteiger partial charge in [0.1, 0.15) is 11.5 Å². The van der Waals surface area contributed by atoms with Crippen LogP contribution in [-0.2, 0) is 21.3 Å². The lowest BCUT2D eigenvalue weighted by Crippen LogP contribution is -2.29. The van der Waals surface area contributed by atoms with Crippen molar-refractivity contribution in [3.8, 4) is 23.0 Å². The van der Waals surface area contributed by atoms with Gasteiger partial charge in [0.15, 0.2) is 11.5 Å². The average molecular weight is 449 g/mol. The van der Waals surface area contributed by atoms with E-state index in [1.54, 1.807) is 33.3 Å². The topological polar surface area (TPSA) is 81.9 Å². The van der Waals surface area contributed by atoms with Gasteiger partial charge in [0, 0.05) is 28.8 Å². The molecule has 7 nitrogen and oxygen atoms in total. The summed E-state index contributed by atoms with van der Waals surface area (Å²) in [6.45, 7) is 6.10. The summed E-state index contributed by atoms with van der Waals surface area (Å²) in [5, 5.41) is 0. The number of ether oxygens (including phenoxy) is 2. The van der Waals surface area contributed by atoms with Crippen molar-refractivity contribution in [2.75, 3.05) is 33.1 Å². The van der Waals surface area contributed by atoms with Gasteiger partial charge in [-0.2, -0.15) is 0 Å². The molecule has 0 radical (unpaired) electrons. The summed E-state index contributed by atoms with van der Waals surface area (Å²) in [6, 6.07) is 5.90. The van der Waals surface area contributed by atoms with Gasteiger partial charge in [-0.05, 0) is 57.5 Å². The molecule has 1 saturated heterocycles. The highest BCUT2D eigenvalue weighted by atomic mass is 32.2. The molecule has 8 heteroatoms. The lowest BCUT2D eigenvalue weighted by Gasteiger charge is -2.22. The molecule has 2 unspecified atom stereocenters. The lowest BCUT2D eigenvalue weighted by molar-refractivity contribution is -0.116. The summed E-state index contributed by atoms with van der Waals surface area (Å²) in [7, 11) is 1.84. The molecule has 2 aromatic rings. The molecule has 170 valence electrons. The Bertz CT molecular complexity index is 927. The number of aromatic nitrogens is 1. The SMILES string of the molecule is CCN1CCCC1CCC(=O)CS(=O)Cc1nc(-c2ccc(OC)c(OC)c2)oc1C. The Labute approximate surface area is 186 Å². The number of nitrogens with zero attached hydrogens (tertiary/aromatic N) is 2. The molecule has 0 amide bonds. The van der Waals surface area contributed by atoms with Crippen molar-refractivity contribution < 1.29 is 22.9 Å².